The van der Waals surface area contributed by atoms with E-state index in [4.69, 9.17) is 5.10 Å². The zero-order valence-corrected chi connectivity index (χ0v) is 14.8. The molecule has 0 saturated heterocycles. The van der Waals surface area contributed by atoms with Gasteiger partial charge < -0.3 is 9.88 Å². The second kappa shape index (κ2) is 5.64. The van der Waals surface area contributed by atoms with E-state index in [2.05, 4.69) is 49.5 Å². The first-order valence-electron chi connectivity index (χ1n) is 9.45. The van der Waals surface area contributed by atoms with Crippen LogP contribution in [0.1, 0.15) is 36.6 Å². The molecule has 1 N–H and O–H groups in total. The number of nitrogens with one attached hydrogen (secondary N) is 1. The molecule has 5 heterocycles. The number of rotatable bonds is 3. The Balaban J connectivity index is 1.30. The molecule has 27 heavy (non-hydrogen) atoms. The van der Waals surface area contributed by atoms with Crippen molar-refractivity contribution in [1.82, 2.24) is 29.8 Å². The molecule has 4 aromatic rings. The Labute approximate surface area is 155 Å². The summed E-state index contributed by atoms with van der Waals surface area (Å²) < 4.78 is 1.93. The number of aromatic amines is 1. The average Bonchev–Trinajstić information content (AvgIpc) is 3.33. The van der Waals surface area contributed by atoms with Gasteiger partial charge in [-0.1, -0.05) is 6.08 Å². The first-order chi connectivity index (χ1) is 13.4. The van der Waals surface area contributed by atoms with Gasteiger partial charge in [0.25, 0.3) is 0 Å². The summed E-state index contributed by atoms with van der Waals surface area (Å²) in [5.74, 6) is 2.53. The fourth-order valence-corrected chi connectivity index (χ4v) is 3.90. The second-order valence-corrected chi connectivity index (χ2v) is 7.32. The van der Waals surface area contributed by atoms with Gasteiger partial charge in [-0.05, 0) is 49.1 Å². The summed E-state index contributed by atoms with van der Waals surface area (Å²) in [7, 11) is 0. The standard InChI is InChI=1S/C20H19N7/c1-2-15-16(12-22-19(15)21-9-1)13-7-10-26(11-8-13)18-6-5-17-23-24-20(14-3-4-14)27(17)25-18/h1-2,5-7,9,12,14H,3-4,8,10-11H2,(H,21,22). The molecule has 134 valence electrons. The van der Waals surface area contributed by atoms with Crippen LogP contribution in [0.25, 0.3) is 22.3 Å². The number of fused-ring (bicyclic) bond motifs is 2. The Morgan fingerprint density at radius 3 is 2.93 bits per heavy atom. The summed E-state index contributed by atoms with van der Waals surface area (Å²) in [5.41, 5.74) is 4.41. The molecule has 7 nitrogen and oxygen atoms in total. The lowest BCUT2D eigenvalue weighted by Gasteiger charge is -2.27. The molecule has 0 unspecified atom stereocenters. The van der Waals surface area contributed by atoms with E-state index in [0.717, 1.165) is 42.4 Å². The number of H-pyrrole nitrogens is 1. The van der Waals surface area contributed by atoms with Crippen LogP contribution < -0.4 is 4.90 Å². The van der Waals surface area contributed by atoms with Gasteiger partial charge in [0.05, 0.1) is 0 Å². The van der Waals surface area contributed by atoms with Crippen LogP contribution in [-0.4, -0.2) is 42.9 Å². The minimum atomic E-state index is 0.533. The molecule has 0 radical (unpaired) electrons. The first kappa shape index (κ1) is 14.9. The molecule has 2 aliphatic rings. The molecule has 0 aromatic carbocycles. The van der Waals surface area contributed by atoms with E-state index >= 15 is 0 Å². The highest BCUT2D eigenvalue weighted by atomic mass is 15.4. The molecule has 0 bridgehead atoms. The number of nitrogens with zero attached hydrogens (tertiary/aromatic N) is 6. The van der Waals surface area contributed by atoms with Gasteiger partial charge in [-0.25, -0.2) is 4.98 Å². The highest BCUT2D eigenvalue weighted by molar-refractivity contribution is 5.91. The maximum absolute atomic E-state index is 4.83. The van der Waals surface area contributed by atoms with E-state index in [1.807, 2.05) is 22.8 Å². The molecule has 0 atom stereocenters. The normalized spacial score (nSPS) is 17.6. The topological polar surface area (TPSA) is 75.0 Å². The fraction of sp³-hybridized carbons (Fsp3) is 0.300. The van der Waals surface area contributed by atoms with Gasteiger partial charge in [-0.3, -0.25) is 0 Å². The van der Waals surface area contributed by atoms with Crippen molar-refractivity contribution in [3.8, 4) is 0 Å². The minimum absolute atomic E-state index is 0.533. The van der Waals surface area contributed by atoms with Gasteiger partial charge in [0, 0.05) is 42.4 Å². The molecular weight excluding hydrogens is 338 g/mol. The molecule has 1 fully saturated rings. The number of anilines is 1. The maximum Gasteiger partial charge on any atom is 0.178 e. The molecule has 1 saturated carbocycles. The van der Waals surface area contributed by atoms with Crippen molar-refractivity contribution in [2.75, 3.05) is 18.0 Å². The van der Waals surface area contributed by atoms with Crippen LogP contribution in [0, 0.1) is 0 Å². The fourth-order valence-electron chi connectivity index (χ4n) is 3.90. The van der Waals surface area contributed by atoms with Crippen molar-refractivity contribution in [2.24, 2.45) is 0 Å². The highest BCUT2D eigenvalue weighted by Crippen LogP contribution is 2.39. The summed E-state index contributed by atoms with van der Waals surface area (Å²) >= 11 is 0. The predicted molar refractivity (Wildman–Crippen MR) is 104 cm³/mol. The SMILES string of the molecule is C1=C(c2c[nH]c3ncccc23)CCN(c2ccc3nnc(C4CC4)n3n2)C1. The molecule has 7 heteroatoms. The largest absolute Gasteiger partial charge is 0.351 e. The van der Waals surface area contributed by atoms with Crippen molar-refractivity contribution in [1.29, 1.82) is 0 Å². The number of hydrogen-bond donors (Lipinski definition) is 1. The summed E-state index contributed by atoms with van der Waals surface area (Å²) in [6.07, 6.45) is 9.58. The van der Waals surface area contributed by atoms with Crippen LogP contribution >= 0.6 is 0 Å². The quantitative estimate of drug-likeness (QED) is 0.609. The van der Waals surface area contributed by atoms with E-state index in [-0.39, 0.29) is 0 Å². The van der Waals surface area contributed by atoms with E-state index in [1.54, 1.807) is 0 Å². The molecule has 6 rings (SSSR count). The van der Waals surface area contributed by atoms with Crippen LogP contribution in [-0.2, 0) is 0 Å². The van der Waals surface area contributed by atoms with Crippen LogP contribution in [0.4, 0.5) is 5.82 Å². The zero-order valence-electron chi connectivity index (χ0n) is 14.8. The van der Waals surface area contributed by atoms with Crippen molar-refractivity contribution in [3.63, 3.8) is 0 Å². The Bertz CT molecular complexity index is 1180. The van der Waals surface area contributed by atoms with E-state index in [1.165, 1.54) is 29.4 Å². The van der Waals surface area contributed by atoms with E-state index < -0.39 is 0 Å². The molecule has 1 aliphatic carbocycles. The third kappa shape index (κ3) is 2.42. The Kier molecular flexibility index (Phi) is 3.11. The lowest BCUT2D eigenvalue weighted by atomic mass is 9.99. The van der Waals surface area contributed by atoms with Crippen molar-refractivity contribution in [3.05, 3.63) is 54.1 Å². The van der Waals surface area contributed by atoms with Crippen LogP contribution in [0.15, 0.2) is 42.7 Å². The zero-order chi connectivity index (χ0) is 17.8. The number of pyridine rings is 1. The van der Waals surface area contributed by atoms with Gasteiger partial charge >= 0.3 is 0 Å². The average molecular weight is 357 g/mol. The smallest absolute Gasteiger partial charge is 0.178 e. The third-order valence-corrected chi connectivity index (χ3v) is 5.55. The first-order valence-corrected chi connectivity index (χ1v) is 9.45. The molecular formula is C20H19N7. The molecule has 0 amide bonds. The number of aromatic nitrogens is 6. The van der Waals surface area contributed by atoms with Gasteiger partial charge in [-0.2, -0.15) is 4.52 Å². The second-order valence-electron chi connectivity index (χ2n) is 7.32. The summed E-state index contributed by atoms with van der Waals surface area (Å²) in [6.45, 7) is 1.79. The van der Waals surface area contributed by atoms with Crippen LogP contribution in [0.3, 0.4) is 0 Å². The van der Waals surface area contributed by atoms with Gasteiger partial charge in [-0.15, -0.1) is 15.3 Å². The van der Waals surface area contributed by atoms with Gasteiger partial charge in [0.1, 0.15) is 11.5 Å². The van der Waals surface area contributed by atoms with Crippen LogP contribution in [0.5, 0.6) is 0 Å². The summed E-state index contributed by atoms with van der Waals surface area (Å²) in [6, 6.07) is 8.19. The van der Waals surface area contributed by atoms with E-state index in [9.17, 15) is 0 Å². The molecule has 1 aliphatic heterocycles. The van der Waals surface area contributed by atoms with Crippen LogP contribution in [0.2, 0.25) is 0 Å². The predicted octanol–water partition coefficient (Wildman–Crippen LogP) is 3.17. The Morgan fingerprint density at radius 1 is 1.11 bits per heavy atom. The Morgan fingerprint density at radius 2 is 2.07 bits per heavy atom. The lowest BCUT2D eigenvalue weighted by Crippen LogP contribution is -2.29. The van der Waals surface area contributed by atoms with Crippen molar-refractivity contribution < 1.29 is 0 Å². The molecule has 0 spiro atoms. The summed E-state index contributed by atoms with van der Waals surface area (Å²) in [4.78, 5) is 9.98. The maximum atomic E-state index is 4.83. The van der Waals surface area contributed by atoms with Crippen molar-refractivity contribution in [2.45, 2.75) is 25.2 Å². The highest BCUT2D eigenvalue weighted by Gasteiger charge is 2.29. The summed E-state index contributed by atoms with van der Waals surface area (Å²) in [5, 5.41) is 14.6. The van der Waals surface area contributed by atoms with Gasteiger partial charge in [0.15, 0.2) is 11.5 Å². The molecule has 4 aromatic heterocycles. The van der Waals surface area contributed by atoms with E-state index in [0.29, 0.717) is 5.92 Å². The van der Waals surface area contributed by atoms with Crippen molar-refractivity contribution >= 4 is 28.1 Å². The lowest BCUT2D eigenvalue weighted by molar-refractivity contribution is 0.763. The third-order valence-electron chi connectivity index (χ3n) is 5.55. The Hall–Kier alpha value is -3.22. The van der Waals surface area contributed by atoms with Gasteiger partial charge in [0.2, 0.25) is 0 Å². The minimum Gasteiger partial charge on any atom is -0.351 e. The number of hydrogen-bond acceptors (Lipinski definition) is 5. The monoisotopic (exact) mass is 357 g/mol.